The first-order chi connectivity index (χ1) is 17.0. The van der Waals surface area contributed by atoms with Crippen LogP contribution in [0.5, 0.6) is 11.5 Å². The number of nitrogens with zero attached hydrogens (tertiary/aromatic N) is 1. The van der Waals surface area contributed by atoms with Gasteiger partial charge >= 0.3 is 6.09 Å². The Kier molecular flexibility index (Phi) is 10.1. The molecule has 0 radical (unpaired) electrons. The highest BCUT2D eigenvalue weighted by atomic mass is 16.6. The predicted molar refractivity (Wildman–Crippen MR) is 138 cm³/mol. The summed E-state index contributed by atoms with van der Waals surface area (Å²) in [7, 11) is 1.55. The van der Waals surface area contributed by atoms with Gasteiger partial charge in [-0.3, -0.25) is 9.59 Å². The lowest BCUT2D eigenvalue weighted by Gasteiger charge is -2.32. The van der Waals surface area contributed by atoms with E-state index < -0.39 is 29.6 Å². The van der Waals surface area contributed by atoms with E-state index in [1.165, 1.54) is 4.90 Å². The number of carbonyl (C=O) groups excluding carboxylic acids is 3. The van der Waals surface area contributed by atoms with Crippen molar-refractivity contribution in [3.05, 3.63) is 53.6 Å². The van der Waals surface area contributed by atoms with Crippen LogP contribution in [0.1, 0.15) is 57.7 Å². The number of ether oxygens (including phenoxy) is 2. The highest BCUT2D eigenvalue weighted by Gasteiger charge is 2.33. The van der Waals surface area contributed by atoms with E-state index in [0.29, 0.717) is 29.0 Å². The number of alkyl carbamates (subject to hydrolysis) is 1. The number of benzene rings is 2. The van der Waals surface area contributed by atoms with E-state index in [1.54, 1.807) is 77.3 Å². The second-order valence-corrected chi connectivity index (χ2v) is 9.43. The van der Waals surface area contributed by atoms with Crippen molar-refractivity contribution in [1.29, 1.82) is 0 Å². The van der Waals surface area contributed by atoms with E-state index in [-0.39, 0.29) is 18.8 Å². The van der Waals surface area contributed by atoms with Crippen LogP contribution in [0, 0.1) is 6.92 Å². The molecule has 9 heteroatoms. The van der Waals surface area contributed by atoms with Crippen molar-refractivity contribution in [2.75, 3.05) is 25.5 Å². The van der Waals surface area contributed by atoms with E-state index in [1.807, 2.05) is 6.92 Å². The molecule has 0 aliphatic heterocycles. The van der Waals surface area contributed by atoms with Gasteiger partial charge < -0.3 is 30.1 Å². The number of unbranched alkanes of at least 4 members (excludes halogenated alkanes) is 1. The molecule has 36 heavy (non-hydrogen) atoms. The van der Waals surface area contributed by atoms with Gasteiger partial charge in [-0.2, -0.15) is 0 Å². The topological polar surface area (TPSA) is 117 Å². The van der Waals surface area contributed by atoms with Crippen molar-refractivity contribution in [2.45, 2.75) is 59.1 Å². The summed E-state index contributed by atoms with van der Waals surface area (Å²) in [6.07, 6.45) is 0.663. The van der Waals surface area contributed by atoms with Crippen molar-refractivity contribution >= 4 is 23.6 Å². The van der Waals surface area contributed by atoms with Crippen molar-refractivity contribution in [3.8, 4) is 11.5 Å². The molecule has 9 nitrogen and oxygen atoms in total. The first-order valence-corrected chi connectivity index (χ1v) is 12.0. The number of amides is 3. The van der Waals surface area contributed by atoms with E-state index in [4.69, 9.17) is 9.47 Å². The van der Waals surface area contributed by atoms with Crippen molar-refractivity contribution < 1.29 is 29.0 Å². The zero-order valence-corrected chi connectivity index (χ0v) is 21.9. The summed E-state index contributed by atoms with van der Waals surface area (Å²) >= 11 is 0. The smallest absolute Gasteiger partial charge is 0.408 e. The van der Waals surface area contributed by atoms with Crippen LogP contribution < -0.4 is 15.4 Å². The Hall–Kier alpha value is -3.75. The molecule has 3 amide bonds. The van der Waals surface area contributed by atoms with Crippen LogP contribution >= 0.6 is 0 Å². The fourth-order valence-electron chi connectivity index (χ4n) is 3.53. The van der Waals surface area contributed by atoms with Gasteiger partial charge in [0, 0.05) is 17.8 Å². The fraction of sp³-hybridized carbons (Fsp3) is 0.444. The predicted octanol–water partition coefficient (Wildman–Crippen LogP) is 4.54. The number of anilines is 1. The third-order valence-electron chi connectivity index (χ3n) is 5.34. The summed E-state index contributed by atoms with van der Waals surface area (Å²) in [5.41, 5.74) is 0.656. The second kappa shape index (κ2) is 12.8. The lowest BCUT2D eigenvalue weighted by Crippen LogP contribution is -2.47. The average Bonchev–Trinajstić information content (AvgIpc) is 2.81. The number of phenols is 1. The van der Waals surface area contributed by atoms with Crippen LogP contribution in [0.2, 0.25) is 0 Å². The molecule has 0 heterocycles. The van der Waals surface area contributed by atoms with Crippen molar-refractivity contribution in [1.82, 2.24) is 10.2 Å². The maximum atomic E-state index is 13.6. The minimum absolute atomic E-state index is 0.0678. The SMILES string of the molecule is CCCCN(C(=O)CNC(=O)OC(C)(C)C)C(C(=O)Nc1ccc(OC)cc1)c1cccc(C)c1O. The molecule has 2 aromatic carbocycles. The van der Waals surface area contributed by atoms with Gasteiger partial charge in [-0.1, -0.05) is 31.5 Å². The number of rotatable bonds is 10. The normalized spacial score (nSPS) is 11.8. The minimum Gasteiger partial charge on any atom is -0.507 e. The Morgan fingerprint density at radius 2 is 1.75 bits per heavy atom. The number of aryl methyl sites for hydroxylation is 1. The summed E-state index contributed by atoms with van der Waals surface area (Å²) in [4.78, 5) is 40.5. The van der Waals surface area contributed by atoms with Crippen LogP contribution in [0.4, 0.5) is 10.5 Å². The van der Waals surface area contributed by atoms with Crippen LogP contribution in [-0.4, -0.2) is 53.7 Å². The molecule has 0 aromatic heterocycles. The lowest BCUT2D eigenvalue weighted by molar-refractivity contribution is -0.138. The van der Waals surface area contributed by atoms with Crippen LogP contribution in [0.25, 0.3) is 0 Å². The Morgan fingerprint density at radius 1 is 1.08 bits per heavy atom. The average molecular weight is 500 g/mol. The molecular formula is C27H37N3O6. The Morgan fingerprint density at radius 3 is 2.33 bits per heavy atom. The number of hydrogen-bond acceptors (Lipinski definition) is 6. The first-order valence-electron chi connectivity index (χ1n) is 12.0. The molecule has 1 unspecified atom stereocenters. The molecule has 1 atom stereocenters. The molecule has 3 N–H and O–H groups in total. The summed E-state index contributed by atoms with van der Waals surface area (Å²) in [5, 5.41) is 16.1. The summed E-state index contributed by atoms with van der Waals surface area (Å²) < 4.78 is 10.4. The highest BCUT2D eigenvalue weighted by Crippen LogP contribution is 2.33. The summed E-state index contributed by atoms with van der Waals surface area (Å²) in [6, 6.07) is 10.7. The molecule has 0 bridgehead atoms. The summed E-state index contributed by atoms with van der Waals surface area (Å²) in [5.74, 6) is -0.413. The van der Waals surface area contributed by atoms with Gasteiger partial charge in [0.15, 0.2) is 0 Å². The van der Waals surface area contributed by atoms with Gasteiger partial charge in [0.1, 0.15) is 29.7 Å². The molecule has 0 aliphatic carbocycles. The lowest BCUT2D eigenvalue weighted by atomic mass is 9.99. The largest absolute Gasteiger partial charge is 0.507 e. The quantitative estimate of drug-likeness (QED) is 0.442. The molecule has 0 fully saturated rings. The van der Waals surface area contributed by atoms with E-state index in [2.05, 4.69) is 10.6 Å². The maximum Gasteiger partial charge on any atom is 0.408 e. The van der Waals surface area contributed by atoms with Gasteiger partial charge in [0.2, 0.25) is 5.91 Å². The number of phenolic OH excluding ortho intramolecular Hbond substituents is 1. The van der Waals surface area contributed by atoms with Crippen molar-refractivity contribution in [2.24, 2.45) is 0 Å². The van der Waals surface area contributed by atoms with Crippen LogP contribution in [0.15, 0.2) is 42.5 Å². The molecule has 0 aliphatic rings. The molecule has 2 aromatic rings. The number of aromatic hydroxyl groups is 1. The number of carbonyl (C=O) groups is 3. The molecule has 0 saturated carbocycles. The number of nitrogens with one attached hydrogen (secondary N) is 2. The number of hydrogen-bond donors (Lipinski definition) is 3. The maximum absolute atomic E-state index is 13.6. The zero-order chi connectivity index (χ0) is 26.9. The van der Waals surface area contributed by atoms with E-state index >= 15 is 0 Å². The molecule has 0 saturated heterocycles. The van der Waals surface area contributed by atoms with E-state index in [9.17, 15) is 19.5 Å². The Labute approximate surface area is 212 Å². The number of methoxy groups -OCH3 is 1. The third kappa shape index (κ3) is 8.18. The van der Waals surface area contributed by atoms with E-state index in [0.717, 1.165) is 6.42 Å². The van der Waals surface area contributed by atoms with Crippen molar-refractivity contribution in [3.63, 3.8) is 0 Å². The Bertz CT molecular complexity index is 1050. The van der Waals surface area contributed by atoms with Crippen LogP contribution in [0.3, 0.4) is 0 Å². The van der Waals surface area contributed by atoms with Crippen LogP contribution in [-0.2, 0) is 14.3 Å². The third-order valence-corrected chi connectivity index (χ3v) is 5.34. The molecule has 2 rings (SSSR count). The Balaban J connectivity index is 2.40. The highest BCUT2D eigenvalue weighted by molar-refractivity contribution is 5.98. The number of para-hydroxylation sites is 1. The zero-order valence-electron chi connectivity index (χ0n) is 21.9. The minimum atomic E-state index is -1.13. The first kappa shape index (κ1) is 28.5. The van der Waals surface area contributed by atoms with Gasteiger partial charge in [0.25, 0.3) is 5.91 Å². The van der Waals surface area contributed by atoms with Gasteiger partial charge in [-0.15, -0.1) is 0 Å². The monoisotopic (exact) mass is 499 g/mol. The summed E-state index contributed by atoms with van der Waals surface area (Å²) in [6.45, 7) is 8.75. The molecule has 0 spiro atoms. The fourth-order valence-corrected chi connectivity index (χ4v) is 3.53. The van der Waals surface area contributed by atoms with Gasteiger partial charge in [0.05, 0.1) is 7.11 Å². The second-order valence-electron chi connectivity index (χ2n) is 9.43. The molecule has 196 valence electrons. The molecular weight excluding hydrogens is 462 g/mol. The van der Waals surface area contributed by atoms with Gasteiger partial charge in [-0.25, -0.2) is 4.79 Å². The standard InChI is InChI=1S/C27H37N3O6/c1-7-8-16-30(22(31)17-28-26(34)36-27(3,4)5)23(21-11-9-10-18(2)24(21)32)25(33)29-19-12-14-20(35-6)15-13-19/h9-15,23,32H,7-8,16-17H2,1-6H3,(H,28,34)(H,29,33). The van der Waals surface area contributed by atoms with Gasteiger partial charge in [-0.05, 0) is 63.9 Å².